The standard InChI is InChI=1S/C35H49NO5Si/c1-34(2,3)42(7,8)41-32(23-36-35(4,5)22-28-16-12-15-27(19-28)20-33(38)39-6)29-17-18-31(30(21-29)24-37)40-25-26-13-10-9-11-14-26/h9-19,21,32,36-37H,20,22-25H2,1-8H3/t32-/m1/s1. The van der Waals surface area contributed by atoms with Crippen LogP contribution in [0.1, 0.15) is 68.5 Å². The van der Waals surface area contributed by atoms with Crippen LogP contribution in [0, 0.1) is 0 Å². The maximum absolute atomic E-state index is 11.8. The summed E-state index contributed by atoms with van der Waals surface area (Å²) < 4.78 is 17.9. The summed E-state index contributed by atoms with van der Waals surface area (Å²) in [6.45, 7) is 16.6. The summed E-state index contributed by atoms with van der Waals surface area (Å²) in [5.41, 5.74) is 4.69. The molecule has 0 amide bonds. The molecule has 0 aliphatic rings. The first-order valence-electron chi connectivity index (χ1n) is 14.7. The lowest BCUT2D eigenvalue weighted by molar-refractivity contribution is -0.139. The number of aliphatic hydroxyl groups is 1. The summed E-state index contributed by atoms with van der Waals surface area (Å²) in [5.74, 6) is 0.435. The molecule has 0 aromatic heterocycles. The van der Waals surface area contributed by atoms with E-state index in [0.717, 1.165) is 34.2 Å². The number of carbonyl (C=O) groups excluding carboxylic acids is 1. The summed E-state index contributed by atoms with van der Waals surface area (Å²) in [5, 5.41) is 14.0. The van der Waals surface area contributed by atoms with E-state index in [1.165, 1.54) is 7.11 Å². The van der Waals surface area contributed by atoms with E-state index in [0.29, 0.717) is 18.9 Å². The SMILES string of the molecule is COC(=O)Cc1cccc(CC(C)(C)NC[C@@H](O[Si](C)(C)C(C)(C)C)c2ccc(OCc3ccccc3)c(CO)c2)c1. The normalized spacial score (nSPS) is 13.1. The van der Waals surface area contributed by atoms with Gasteiger partial charge in [0, 0.05) is 17.6 Å². The Balaban J connectivity index is 1.80. The molecule has 0 bridgehead atoms. The van der Waals surface area contributed by atoms with Crippen molar-refractivity contribution in [2.45, 2.75) is 90.4 Å². The molecule has 1 atom stereocenters. The zero-order valence-electron chi connectivity index (χ0n) is 26.6. The fourth-order valence-electron chi connectivity index (χ4n) is 4.59. The second-order valence-electron chi connectivity index (χ2n) is 13.2. The van der Waals surface area contributed by atoms with E-state index >= 15 is 0 Å². The molecule has 0 saturated carbocycles. The van der Waals surface area contributed by atoms with Crippen LogP contribution in [0.15, 0.2) is 72.8 Å². The Morgan fingerprint density at radius 2 is 1.57 bits per heavy atom. The van der Waals surface area contributed by atoms with Gasteiger partial charge in [-0.15, -0.1) is 0 Å². The molecule has 3 aromatic rings. The van der Waals surface area contributed by atoms with Gasteiger partial charge in [-0.05, 0) is 72.8 Å². The number of nitrogens with one attached hydrogen (secondary N) is 1. The summed E-state index contributed by atoms with van der Waals surface area (Å²) in [6.07, 6.45) is 0.839. The maximum atomic E-state index is 11.8. The Bertz CT molecular complexity index is 1300. The van der Waals surface area contributed by atoms with Gasteiger partial charge >= 0.3 is 5.97 Å². The Kier molecular flexibility index (Phi) is 11.6. The molecule has 0 radical (unpaired) electrons. The Morgan fingerprint density at radius 1 is 0.905 bits per heavy atom. The third-order valence-corrected chi connectivity index (χ3v) is 12.6. The van der Waals surface area contributed by atoms with Crippen LogP contribution in [0.3, 0.4) is 0 Å². The second-order valence-corrected chi connectivity index (χ2v) is 17.9. The molecule has 228 valence electrons. The van der Waals surface area contributed by atoms with Gasteiger partial charge in [0.2, 0.25) is 0 Å². The fourth-order valence-corrected chi connectivity index (χ4v) is 5.87. The molecule has 0 fully saturated rings. The average Bonchev–Trinajstić information content (AvgIpc) is 2.94. The molecule has 3 rings (SSSR count). The van der Waals surface area contributed by atoms with Gasteiger partial charge in [-0.2, -0.15) is 0 Å². The van der Waals surface area contributed by atoms with Gasteiger partial charge in [-0.25, -0.2) is 0 Å². The predicted octanol–water partition coefficient (Wildman–Crippen LogP) is 7.15. The highest BCUT2D eigenvalue weighted by molar-refractivity contribution is 6.74. The van der Waals surface area contributed by atoms with Gasteiger partial charge in [0.05, 0.1) is 26.2 Å². The first kappa shape index (κ1) is 33.5. The molecule has 6 nitrogen and oxygen atoms in total. The lowest BCUT2D eigenvalue weighted by atomic mass is 9.93. The van der Waals surface area contributed by atoms with Crippen LogP contribution >= 0.6 is 0 Å². The summed E-state index contributed by atoms with van der Waals surface area (Å²) in [7, 11) is -0.713. The molecule has 0 aliphatic heterocycles. The fraction of sp³-hybridized carbons (Fsp3) is 0.457. The number of carbonyl (C=O) groups is 1. The van der Waals surface area contributed by atoms with Gasteiger partial charge in [0.15, 0.2) is 8.32 Å². The third kappa shape index (κ3) is 9.80. The minimum Gasteiger partial charge on any atom is -0.489 e. The van der Waals surface area contributed by atoms with Crippen molar-refractivity contribution >= 4 is 14.3 Å². The summed E-state index contributed by atoms with van der Waals surface area (Å²) >= 11 is 0. The van der Waals surface area contributed by atoms with Crippen LogP contribution in [0.4, 0.5) is 0 Å². The van der Waals surface area contributed by atoms with Crippen molar-refractivity contribution in [3.05, 3.63) is 101 Å². The first-order valence-corrected chi connectivity index (χ1v) is 17.6. The highest BCUT2D eigenvalue weighted by Crippen LogP contribution is 2.40. The zero-order valence-corrected chi connectivity index (χ0v) is 27.6. The number of hydrogen-bond acceptors (Lipinski definition) is 6. The number of methoxy groups -OCH3 is 1. The van der Waals surface area contributed by atoms with E-state index in [2.05, 4.69) is 71.2 Å². The molecule has 0 unspecified atom stereocenters. The monoisotopic (exact) mass is 591 g/mol. The van der Waals surface area contributed by atoms with Crippen LogP contribution in [0.25, 0.3) is 0 Å². The lowest BCUT2D eigenvalue weighted by Crippen LogP contribution is -2.47. The minimum absolute atomic E-state index is 0.0411. The third-order valence-electron chi connectivity index (χ3n) is 8.09. The predicted molar refractivity (Wildman–Crippen MR) is 172 cm³/mol. The highest BCUT2D eigenvalue weighted by Gasteiger charge is 2.40. The number of rotatable bonds is 14. The molecule has 0 spiro atoms. The van der Waals surface area contributed by atoms with E-state index in [4.69, 9.17) is 13.9 Å². The van der Waals surface area contributed by atoms with Gasteiger partial charge < -0.3 is 24.3 Å². The number of hydrogen-bond donors (Lipinski definition) is 2. The van der Waals surface area contributed by atoms with Crippen LogP contribution < -0.4 is 10.1 Å². The zero-order chi connectivity index (χ0) is 31.0. The van der Waals surface area contributed by atoms with Gasteiger partial charge in [0.1, 0.15) is 12.4 Å². The number of ether oxygens (including phenoxy) is 2. The Hall–Kier alpha value is -2.97. The van der Waals surface area contributed by atoms with E-state index in [9.17, 15) is 9.90 Å². The Labute approximate surface area is 253 Å². The maximum Gasteiger partial charge on any atom is 0.309 e. The number of esters is 1. The molecule has 3 aromatic carbocycles. The largest absolute Gasteiger partial charge is 0.489 e. The van der Waals surface area contributed by atoms with E-state index in [1.807, 2.05) is 54.6 Å². The Morgan fingerprint density at radius 3 is 2.21 bits per heavy atom. The van der Waals surface area contributed by atoms with Crippen molar-refractivity contribution in [2.75, 3.05) is 13.7 Å². The highest BCUT2D eigenvalue weighted by atomic mass is 28.4. The van der Waals surface area contributed by atoms with Crippen molar-refractivity contribution in [3.8, 4) is 5.75 Å². The molecule has 0 saturated heterocycles. The molecule has 7 heteroatoms. The number of aliphatic hydroxyl groups excluding tert-OH is 1. The van der Waals surface area contributed by atoms with Gasteiger partial charge in [-0.3, -0.25) is 4.79 Å². The number of benzene rings is 3. The smallest absolute Gasteiger partial charge is 0.309 e. The van der Waals surface area contributed by atoms with Gasteiger partial charge in [0.25, 0.3) is 0 Å². The second kappa shape index (κ2) is 14.5. The van der Waals surface area contributed by atoms with Gasteiger partial charge in [-0.1, -0.05) is 81.4 Å². The molecule has 0 heterocycles. The minimum atomic E-state index is -2.13. The van der Waals surface area contributed by atoms with Crippen molar-refractivity contribution < 1.29 is 23.8 Å². The molecule has 42 heavy (non-hydrogen) atoms. The van der Waals surface area contributed by atoms with E-state index < -0.39 is 8.32 Å². The topological polar surface area (TPSA) is 77.0 Å². The van der Waals surface area contributed by atoms with Crippen molar-refractivity contribution in [1.29, 1.82) is 0 Å². The first-order chi connectivity index (χ1) is 19.7. The molecular weight excluding hydrogens is 542 g/mol. The van der Waals surface area contributed by atoms with Crippen molar-refractivity contribution in [1.82, 2.24) is 5.32 Å². The van der Waals surface area contributed by atoms with Crippen molar-refractivity contribution in [2.24, 2.45) is 0 Å². The van der Waals surface area contributed by atoms with E-state index in [1.54, 1.807) is 0 Å². The van der Waals surface area contributed by atoms with E-state index in [-0.39, 0.29) is 35.7 Å². The molecule has 2 N–H and O–H groups in total. The summed E-state index contributed by atoms with van der Waals surface area (Å²) in [6, 6.07) is 24.2. The lowest BCUT2D eigenvalue weighted by Gasteiger charge is -2.40. The molecule has 0 aliphatic carbocycles. The van der Waals surface area contributed by atoms with Crippen LogP contribution in [-0.2, 0) is 40.0 Å². The van der Waals surface area contributed by atoms with Crippen molar-refractivity contribution in [3.63, 3.8) is 0 Å². The molecular formula is C35H49NO5Si. The van der Waals surface area contributed by atoms with Crippen LogP contribution in [-0.4, -0.2) is 38.6 Å². The average molecular weight is 592 g/mol. The summed E-state index contributed by atoms with van der Waals surface area (Å²) in [4.78, 5) is 11.8. The van der Waals surface area contributed by atoms with Crippen LogP contribution in [0.2, 0.25) is 18.1 Å². The van der Waals surface area contributed by atoms with Crippen LogP contribution in [0.5, 0.6) is 5.75 Å². The quantitative estimate of drug-likeness (QED) is 0.153.